The summed E-state index contributed by atoms with van der Waals surface area (Å²) in [5, 5.41) is 3.01. The average molecular weight is 446 g/mol. The van der Waals surface area contributed by atoms with Crippen molar-refractivity contribution in [1.82, 2.24) is 9.88 Å². The van der Waals surface area contributed by atoms with Crippen molar-refractivity contribution >= 4 is 11.7 Å². The van der Waals surface area contributed by atoms with E-state index >= 15 is 0 Å². The number of rotatable bonds is 7. The predicted molar refractivity (Wildman–Crippen MR) is 125 cm³/mol. The number of nitrogens with zero attached hydrogens (tertiary/aromatic N) is 2. The van der Waals surface area contributed by atoms with Gasteiger partial charge < -0.3 is 19.5 Å². The number of aromatic nitrogens is 1. The van der Waals surface area contributed by atoms with E-state index in [9.17, 15) is 4.79 Å². The summed E-state index contributed by atoms with van der Waals surface area (Å²) in [6.45, 7) is 0.219. The van der Waals surface area contributed by atoms with Crippen LogP contribution in [-0.2, 0) is 10.2 Å². The Balaban J connectivity index is 1.35. The second kappa shape index (κ2) is 8.41. The summed E-state index contributed by atoms with van der Waals surface area (Å²) in [5.41, 5.74) is 2.48. The first kappa shape index (κ1) is 21.3. The molecule has 5 rings (SSSR count). The lowest BCUT2D eigenvalue weighted by Gasteiger charge is -2.26. The molecule has 170 valence electrons. The van der Waals surface area contributed by atoms with E-state index in [1.165, 1.54) is 0 Å². The van der Waals surface area contributed by atoms with Crippen LogP contribution in [0.1, 0.15) is 35.6 Å². The maximum Gasteiger partial charge on any atom is 0.236 e. The Morgan fingerprint density at radius 1 is 1.09 bits per heavy atom. The number of ether oxygens (including phenoxy) is 3. The van der Waals surface area contributed by atoms with E-state index in [1.807, 2.05) is 68.8 Å². The Labute approximate surface area is 193 Å². The smallest absolute Gasteiger partial charge is 0.236 e. The molecule has 1 aliphatic heterocycles. The molecule has 1 saturated carbocycles. The lowest BCUT2D eigenvalue weighted by molar-refractivity contribution is -0.118. The van der Waals surface area contributed by atoms with Crippen molar-refractivity contribution in [3.8, 4) is 17.2 Å². The van der Waals surface area contributed by atoms with Crippen LogP contribution in [0.15, 0.2) is 60.8 Å². The normalized spacial score (nSPS) is 16.4. The van der Waals surface area contributed by atoms with Gasteiger partial charge in [-0.05, 0) is 62.3 Å². The molecule has 1 amide bonds. The van der Waals surface area contributed by atoms with Crippen LogP contribution in [0.25, 0.3) is 0 Å². The van der Waals surface area contributed by atoms with Crippen LogP contribution in [0.4, 0.5) is 5.82 Å². The van der Waals surface area contributed by atoms with Gasteiger partial charge in [0.15, 0.2) is 11.5 Å². The highest BCUT2D eigenvalue weighted by molar-refractivity contribution is 6.01. The number of fused-ring (bicyclic) bond motifs is 1. The van der Waals surface area contributed by atoms with Crippen molar-refractivity contribution in [2.75, 3.05) is 33.3 Å². The van der Waals surface area contributed by atoms with Gasteiger partial charge in [-0.2, -0.15) is 0 Å². The highest BCUT2D eigenvalue weighted by Crippen LogP contribution is 2.51. The first-order chi connectivity index (χ1) is 16.0. The molecule has 0 radical (unpaired) electrons. The summed E-state index contributed by atoms with van der Waals surface area (Å²) in [7, 11) is 5.72. The molecule has 1 aliphatic carbocycles. The Bertz CT molecular complexity index is 1170. The molecule has 0 spiro atoms. The molecule has 7 heteroatoms. The molecule has 7 nitrogen and oxygen atoms in total. The van der Waals surface area contributed by atoms with Crippen LogP contribution < -0.4 is 19.5 Å². The molecule has 1 fully saturated rings. The number of amides is 1. The van der Waals surface area contributed by atoms with Gasteiger partial charge in [0.1, 0.15) is 11.6 Å². The Kier molecular flexibility index (Phi) is 5.42. The first-order valence-electron chi connectivity index (χ1n) is 11.0. The minimum Gasteiger partial charge on any atom is -0.496 e. The maximum absolute atomic E-state index is 13.2. The van der Waals surface area contributed by atoms with E-state index in [1.54, 1.807) is 7.11 Å². The van der Waals surface area contributed by atoms with Gasteiger partial charge in [0.2, 0.25) is 12.7 Å². The van der Waals surface area contributed by atoms with Crippen LogP contribution in [0.5, 0.6) is 17.2 Å². The van der Waals surface area contributed by atoms with Gasteiger partial charge in [-0.1, -0.05) is 30.3 Å². The number of carbonyl (C=O) groups excluding carboxylic acids is 1. The van der Waals surface area contributed by atoms with Gasteiger partial charge in [-0.15, -0.1) is 0 Å². The van der Waals surface area contributed by atoms with Gasteiger partial charge >= 0.3 is 0 Å². The molecule has 0 bridgehead atoms. The number of hydrogen-bond donors (Lipinski definition) is 1. The Hall–Kier alpha value is -3.58. The van der Waals surface area contributed by atoms with E-state index in [-0.39, 0.29) is 18.7 Å². The first-order valence-corrected chi connectivity index (χ1v) is 11.0. The molecule has 2 aromatic carbocycles. The minimum absolute atomic E-state index is 0.0261. The fourth-order valence-electron chi connectivity index (χ4n) is 4.49. The molecule has 1 unspecified atom stereocenters. The third kappa shape index (κ3) is 3.89. The molecule has 2 aliphatic rings. The van der Waals surface area contributed by atoms with Crippen LogP contribution in [0, 0.1) is 0 Å². The monoisotopic (exact) mass is 445 g/mol. The van der Waals surface area contributed by atoms with Gasteiger partial charge in [-0.25, -0.2) is 4.98 Å². The molecule has 33 heavy (non-hydrogen) atoms. The van der Waals surface area contributed by atoms with Gasteiger partial charge in [0.05, 0.1) is 18.6 Å². The third-order valence-electron chi connectivity index (χ3n) is 6.40. The quantitative estimate of drug-likeness (QED) is 0.589. The zero-order valence-corrected chi connectivity index (χ0v) is 19.0. The topological polar surface area (TPSA) is 72.9 Å². The summed E-state index contributed by atoms with van der Waals surface area (Å²) in [6.07, 6.45) is 3.41. The van der Waals surface area contributed by atoms with Gasteiger partial charge in [0.25, 0.3) is 0 Å². The third-order valence-corrected chi connectivity index (χ3v) is 6.40. The fraction of sp³-hybridized carbons (Fsp3) is 0.308. The van der Waals surface area contributed by atoms with Gasteiger partial charge in [0, 0.05) is 11.8 Å². The molecule has 0 saturated heterocycles. The summed E-state index contributed by atoms with van der Waals surface area (Å²) in [5.74, 6) is 2.73. The average Bonchev–Trinajstić information content (AvgIpc) is 3.51. The van der Waals surface area contributed by atoms with Crippen molar-refractivity contribution in [2.24, 2.45) is 0 Å². The SMILES string of the molecule is COc1ccccc1C(c1ccc(NC(=O)C2(c3ccc4c(c3)OCO4)CC2)nc1)N(C)C. The van der Waals surface area contributed by atoms with Crippen molar-refractivity contribution in [1.29, 1.82) is 0 Å². The van der Waals surface area contributed by atoms with Crippen LogP contribution in [0.3, 0.4) is 0 Å². The molecule has 2 heterocycles. The fourth-order valence-corrected chi connectivity index (χ4v) is 4.49. The second-order valence-corrected chi connectivity index (χ2v) is 8.69. The number of methoxy groups -OCH3 is 1. The van der Waals surface area contributed by atoms with E-state index in [0.29, 0.717) is 11.6 Å². The van der Waals surface area contributed by atoms with Crippen LogP contribution in [-0.4, -0.2) is 43.8 Å². The highest BCUT2D eigenvalue weighted by atomic mass is 16.7. The van der Waals surface area contributed by atoms with Crippen LogP contribution in [0.2, 0.25) is 0 Å². The maximum atomic E-state index is 13.2. The molecule has 1 N–H and O–H groups in total. The van der Waals surface area contributed by atoms with Crippen LogP contribution >= 0.6 is 0 Å². The van der Waals surface area contributed by atoms with Crippen molar-refractivity contribution < 1.29 is 19.0 Å². The number of pyridine rings is 1. The van der Waals surface area contributed by atoms with E-state index in [4.69, 9.17) is 14.2 Å². The summed E-state index contributed by atoms with van der Waals surface area (Å²) >= 11 is 0. The van der Waals surface area contributed by atoms with Crippen molar-refractivity contribution in [3.05, 3.63) is 77.5 Å². The zero-order chi connectivity index (χ0) is 23.0. The molecule has 1 aromatic heterocycles. The number of anilines is 1. The van der Waals surface area contributed by atoms with E-state index in [0.717, 1.165) is 41.0 Å². The number of benzene rings is 2. The summed E-state index contributed by atoms with van der Waals surface area (Å²) in [6, 6.07) is 17.5. The second-order valence-electron chi connectivity index (χ2n) is 8.69. The predicted octanol–water partition coefficient (Wildman–Crippen LogP) is 4.14. The molecular weight excluding hydrogens is 418 g/mol. The number of hydrogen-bond acceptors (Lipinski definition) is 6. The summed E-state index contributed by atoms with van der Waals surface area (Å²) < 4.78 is 16.4. The Morgan fingerprint density at radius 3 is 2.58 bits per heavy atom. The summed E-state index contributed by atoms with van der Waals surface area (Å²) in [4.78, 5) is 19.9. The number of para-hydroxylation sites is 1. The van der Waals surface area contributed by atoms with Crippen molar-refractivity contribution in [2.45, 2.75) is 24.3 Å². The largest absolute Gasteiger partial charge is 0.496 e. The standard InChI is InChI=1S/C26H27N3O4/c1-29(2)24(19-6-4-5-7-20(19)31-3)17-8-11-23(27-15-17)28-25(30)26(12-13-26)18-9-10-21-22(14-18)33-16-32-21/h4-11,14-15,24H,12-13,16H2,1-3H3,(H,27,28,30). The zero-order valence-electron chi connectivity index (χ0n) is 19.0. The van der Waals surface area contributed by atoms with Gasteiger partial charge in [-0.3, -0.25) is 9.69 Å². The van der Waals surface area contributed by atoms with Crippen molar-refractivity contribution in [3.63, 3.8) is 0 Å². The molecular formula is C26H27N3O4. The minimum atomic E-state index is -0.537. The van der Waals surface area contributed by atoms with E-state index in [2.05, 4.69) is 21.3 Å². The molecule has 3 aromatic rings. The van der Waals surface area contributed by atoms with E-state index < -0.39 is 5.41 Å². The lowest BCUT2D eigenvalue weighted by Crippen LogP contribution is -2.28. The molecule has 1 atom stereocenters. The lowest BCUT2D eigenvalue weighted by atomic mass is 9.94. The number of nitrogens with one attached hydrogen (secondary N) is 1. The Morgan fingerprint density at radius 2 is 1.88 bits per heavy atom. The number of carbonyl (C=O) groups is 1. The highest BCUT2D eigenvalue weighted by Gasteiger charge is 2.51.